The molecule has 2 N–H and O–H groups in total. The third-order valence-corrected chi connectivity index (χ3v) is 3.14. The molecule has 1 aromatic heterocycles. The number of carbonyl (C=O) groups excluding carboxylic acids is 1. The van der Waals surface area contributed by atoms with Crippen LogP contribution in [0.2, 0.25) is 0 Å². The van der Waals surface area contributed by atoms with Crippen molar-refractivity contribution in [1.82, 2.24) is 4.98 Å². The molecule has 2 rings (SSSR count). The van der Waals surface area contributed by atoms with Gasteiger partial charge in [-0.15, -0.1) is 11.6 Å². The number of pyridine rings is 1. The maximum Gasteiger partial charge on any atom is 0.248 e. The van der Waals surface area contributed by atoms with Crippen molar-refractivity contribution in [1.29, 1.82) is 0 Å². The lowest BCUT2D eigenvalue weighted by Crippen LogP contribution is -2.11. The Hall–Kier alpha value is -1.81. The molecular formula is C14H15ClN2O2. The summed E-state index contributed by atoms with van der Waals surface area (Å²) >= 11 is 5.54. The van der Waals surface area contributed by atoms with Gasteiger partial charge in [0.05, 0.1) is 5.52 Å². The highest BCUT2D eigenvalue weighted by Gasteiger charge is 2.04. The molecule has 4 nitrogen and oxygen atoms in total. The lowest BCUT2D eigenvalue weighted by atomic mass is 10.1. The number of benzene rings is 1. The fraction of sp³-hybridized carbons (Fsp3) is 0.286. The average molecular weight is 279 g/mol. The van der Waals surface area contributed by atoms with Gasteiger partial charge >= 0.3 is 0 Å². The lowest BCUT2D eigenvalue weighted by Gasteiger charge is -2.07. The molecule has 0 spiro atoms. The number of H-pyrrole nitrogens is 1. The Bertz CT molecular complexity index is 664. The minimum Gasteiger partial charge on any atom is -0.326 e. The van der Waals surface area contributed by atoms with Crippen molar-refractivity contribution in [2.24, 2.45) is 0 Å². The first-order chi connectivity index (χ1) is 9.10. The second-order valence-corrected chi connectivity index (χ2v) is 4.80. The number of aryl methyl sites for hydroxylation is 1. The first-order valence-electron chi connectivity index (χ1n) is 6.09. The number of nitrogens with one attached hydrogen (secondary N) is 2. The van der Waals surface area contributed by atoms with Crippen molar-refractivity contribution >= 4 is 34.1 Å². The minimum absolute atomic E-state index is 0.0741. The third kappa shape index (κ3) is 3.35. The molecule has 1 aromatic carbocycles. The number of hydrogen-bond donors (Lipinski definition) is 2. The van der Waals surface area contributed by atoms with E-state index in [1.165, 1.54) is 0 Å². The topological polar surface area (TPSA) is 62.0 Å². The van der Waals surface area contributed by atoms with E-state index >= 15 is 0 Å². The summed E-state index contributed by atoms with van der Waals surface area (Å²) in [5.74, 6) is 0.396. The van der Waals surface area contributed by atoms with E-state index in [-0.39, 0.29) is 11.5 Å². The summed E-state index contributed by atoms with van der Waals surface area (Å²) in [6, 6.07) is 7.04. The zero-order chi connectivity index (χ0) is 13.8. The minimum atomic E-state index is -0.143. The number of hydrogen-bond acceptors (Lipinski definition) is 2. The van der Waals surface area contributed by atoms with Crippen LogP contribution in [0.3, 0.4) is 0 Å². The predicted molar refractivity (Wildman–Crippen MR) is 77.9 cm³/mol. The molecule has 0 saturated carbocycles. The van der Waals surface area contributed by atoms with E-state index in [0.29, 0.717) is 24.4 Å². The van der Waals surface area contributed by atoms with Crippen LogP contribution in [0.5, 0.6) is 0 Å². The zero-order valence-electron chi connectivity index (χ0n) is 10.6. The number of aromatic nitrogens is 1. The van der Waals surface area contributed by atoms with Crippen LogP contribution in [0.1, 0.15) is 18.4 Å². The largest absolute Gasteiger partial charge is 0.326 e. The van der Waals surface area contributed by atoms with Gasteiger partial charge in [-0.1, -0.05) is 6.07 Å². The first kappa shape index (κ1) is 13.6. The van der Waals surface area contributed by atoms with E-state index in [1.807, 2.05) is 19.1 Å². The SMILES string of the molecule is Cc1cc(=O)[nH]c2cc(NC(=O)CCCCl)ccc12. The molecule has 0 atom stereocenters. The summed E-state index contributed by atoms with van der Waals surface area (Å²) in [6.45, 7) is 1.89. The van der Waals surface area contributed by atoms with Crippen molar-refractivity contribution in [3.8, 4) is 0 Å². The molecular weight excluding hydrogens is 264 g/mol. The number of anilines is 1. The molecule has 0 fully saturated rings. The fourth-order valence-electron chi connectivity index (χ4n) is 1.96. The Morgan fingerprint density at radius 2 is 2.16 bits per heavy atom. The maximum atomic E-state index is 11.6. The Balaban J connectivity index is 2.26. The molecule has 0 aliphatic rings. The number of carbonyl (C=O) groups is 1. The lowest BCUT2D eigenvalue weighted by molar-refractivity contribution is -0.116. The van der Waals surface area contributed by atoms with Gasteiger partial charge in [0.15, 0.2) is 0 Å². The van der Waals surface area contributed by atoms with Gasteiger partial charge in [0.2, 0.25) is 11.5 Å². The smallest absolute Gasteiger partial charge is 0.248 e. The molecule has 0 aliphatic heterocycles. The molecule has 0 unspecified atom stereocenters. The van der Waals surface area contributed by atoms with E-state index in [2.05, 4.69) is 10.3 Å². The second kappa shape index (κ2) is 5.89. The number of rotatable bonds is 4. The number of halogens is 1. The first-order valence-corrected chi connectivity index (χ1v) is 6.63. The average Bonchev–Trinajstić information content (AvgIpc) is 2.35. The van der Waals surface area contributed by atoms with Crippen LogP contribution in [0.15, 0.2) is 29.1 Å². The fourth-order valence-corrected chi connectivity index (χ4v) is 2.10. The van der Waals surface area contributed by atoms with E-state index in [9.17, 15) is 9.59 Å². The van der Waals surface area contributed by atoms with Crippen molar-refractivity contribution < 1.29 is 4.79 Å². The van der Waals surface area contributed by atoms with E-state index < -0.39 is 0 Å². The number of fused-ring (bicyclic) bond motifs is 1. The van der Waals surface area contributed by atoms with Crippen LogP contribution in [0.25, 0.3) is 10.9 Å². The Morgan fingerprint density at radius 3 is 2.89 bits per heavy atom. The molecule has 1 heterocycles. The van der Waals surface area contributed by atoms with Gasteiger partial charge in [-0.25, -0.2) is 0 Å². The van der Waals surface area contributed by atoms with Crippen LogP contribution < -0.4 is 10.9 Å². The van der Waals surface area contributed by atoms with Crippen molar-refractivity contribution in [2.45, 2.75) is 19.8 Å². The van der Waals surface area contributed by atoms with Crippen LogP contribution in [0, 0.1) is 6.92 Å². The molecule has 100 valence electrons. The van der Waals surface area contributed by atoms with E-state index in [0.717, 1.165) is 16.5 Å². The van der Waals surface area contributed by atoms with Gasteiger partial charge in [-0.3, -0.25) is 9.59 Å². The predicted octanol–water partition coefficient (Wildman–Crippen LogP) is 2.79. The van der Waals surface area contributed by atoms with Gasteiger partial charge in [-0.2, -0.15) is 0 Å². The Labute approximate surface area is 115 Å². The zero-order valence-corrected chi connectivity index (χ0v) is 11.4. The van der Waals surface area contributed by atoms with Crippen LogP contribution in [0.4, 0.5) is 5.69 Å². The van der Waals surface area contributed by atoms with Gasteiger partial charge in [0.25, 0.3) is 0 Å². The summed E-state index contributed by atoms with van der Waals surface area (Å²) in [5, 5.41) is 3.76. The maximum absolute atomic E-state index is 11.6. The molecule has 5 heteroatoms. The Morgan fingerprint density at radius 1 is 1.37 bits per heavy atom. The van der Waals surface area contributed by atoms with Gasteiger partial charge in [-0.05, 0) is 31.0 Å². The summed E-state index contributed by atoms with van der Waals surface area (Å²) in [7, 11) is 0. The highest BCUT2D eigenvalue weighted by Crippen LogP contribution is 2.19. The summed E-state index contributed by atoms with van der Waals surface area (Å²) in [4.78, 5) is 25.8. The van der Waals surface area contributed by atoms with Crippen molar-refractivity contribution in [3.05, 3.63) is 40.2 Å². The second-order valence-electron chi connectivity index (χ2n) is 4.42. The summed E-state index contributed by atoms with van der Waals surface area (Å²) in [5.41, 5.74) is 2.17. The normalized spacial score (nSPS) is 10.6. The molecule has 0 radical (unpaired) electrons. The van der Waals surface area contributed by atoms with E-state index in [4.69, 9.17) is 11.6 Å². The van der Waals surface area contributed by atoms with Crippen LogP contribution in [-0.2, 0) is 4.79 Å². The van der Waals surface area contributed by atoms with E-state index in [1.54, 1.807) is 12.1 Å². The van der Waals surface area contributed by atoms with Gasteiger partial charge in [0.1, 0.15) is 0 Å². The summed E-state index contributed by atoms with van der Waals surface area (Å²) < 4.78 is 0. The standard InChI is InChI=1S/C14H15ClN2O2/c1-9-7-14(19)17-12-8-10(4-5-11(9)12)16-13(18)3-2-6-15/h4-5,7-8H,2-3,6H2,1H3,(H,16,18)(H,17,19). The molecule has 1 amide bonds. The van der Waals surface area contributed by atoms with Crippen molar-refractivity contribution in [2.75, 3.05) is 11.2 Å². The molecule has 0 saturated heterocycles. The highest BCUT2D eigenvalue weighted by molar-refractivity contribution is 6.18. The molecule has 19 heavy (non-hydrogen) atoms. The quantitative estimate of drug-likeness (QED) is 0.845. The third-order valence-electron chi connectivity index (χ3n) is 2.87. The number of amides is 1. The van der Waals surface area contributed by atoms with Crippen molar-refractivity contribution in [3.63, 3.8) is 0 Å². The molecule has 0 aliphatic carbocycles. The molecule has 0 bridgehead atoms. The monoisotopic (exact) mass is 278 g/mol. The Kier molecular flexibility index (Phi) is 4.22. The van der Waals surface area contributed by atoms with Crippen LogP contribution in [-0.4, -0.2) is 16.8 Å². The van der Waals surface area contributed by atoms with Gasteiger partial charge in [0, 0.05) is 29.4 Å². The highest BCUT2D eigenvalue weighted by atomic mass is 35.5. The van der Waals surface area contributed by atoms with Crippen LogP contribution >= 0.6 is 11.6 Å². The number of alkyl halides is 1. The number of aromatic amines is 1. The van der Waals surface area contributed by atoms with Gasteiger partial charge < -0.3 is 10.3 Å². The molecule has 2 aromatic rings. The summed E-state index contributed by atoms with van der Waals surface area (Å²) in [6.07, 6.45) is 1.04.